The zero-order valence-corrected chi connectivity index (χ0v) is 18.0. The summed E-state index contributed by atoms with van der Waals surface area (Å²) in [5.41, 5.74) is 2.18. The average Bonchev–Trinajstić information content (AvgIpc) is 2.77. The molecule has 1 fully saturated rings. The Balaban J connectivity index is 1.56. The van der Waals surface area contributed by atoms with Crippen molar-refractivity contribution in [3.8, 4) is 0 Å². The molecule has 160 valence electrons. The minimum absolute atomic E-state index is 0.0712. The van der Waals surface area contributed by atoms with Crippen LogP contribution in [0, 0.1) is 0 Å². The third kappa shape index (κ3) is 5.97. The largest absolute Gasteiger partial charge is 0.385 e. The third-order valence-corrected chi connectivity index (χ3v) is 5.45. The summed E-state index contributed by atoms with van der Waals surface area (Å²) in [6.45, 7) is 2.75. The Morgan fingerprint density at radius 2 is 1.87 bits per heavy atom. The average molecular weight is 430 g/mol. The highest BCUT2D eigenvalue weighted by molar-refractivity contribution is 6.30. The topological polar surface area (TPSA) is 70.7 Å². The van der Waals surface area contributed by atoms with Gasteiger partial charge in [-0.25, -0.2) is 0 Å². The van der Waals surface area contributed by atoms with Gasteiger partial charge in [-0.15, -0.1) is 0 Å². The smallest absolute Gasteiger partial charge is 0.253 e. The van der Waals surface area contributed by atoms with Gasteiger partial charge in [-0.3, -0.25) is 9.59 Å². The molecule has 0 saturated carbocycles. The number of para-hydroxylation sites is 1. The summed E-state index contributed by atoms with van der Waals surface area (Å²) in [4.78, 5) is 27.3. The minimum Gasteiger partial charge on any atom is -0.385 e. The normalized spacial score (nSPS) is 14.4. The number of hydrogen-bond acceptors (Lipinski definition) is 4. The predicted octanol–water partition coefficient (Wildman–Crippen LogP) is 3.51. The molecule has 1 aliphatic heterocycles. The van der Waals surface area contributed by atoms with E-state index in [4.69, 9.17) is 16.3 Å². The first kappa shape index (κ1) is 22.1. The second-order valence-corrected chi connectivity index (χ2v) is 7.80. The number of carbonyl (C=O) groups excluding carboxylic acids is 2. The van der Waals surface area contributed by atoms with Crippen molar-refractivity contribution in [2.24, 2.45) is 0 Å². The highest BCUT2D eigenvalue weighted by Crippen LogP contribution is 2.24. The minimum atomic E-state index is -0.105. The number of anilines is 1. The van der Waals surface area contributed by atoms with Crippen molar-refractivity contribution in [2.75, 3.05) is 38.3 Å². The van der Waals surface area contributed by atoms with Crippen LogP contribution >= 0.6 is 11.6 Å². The summed E-state index contributed by atoms with van der Waals surface area (Å²) < 4.78 is 5.02. The molecule has 7 heteroatoms. The highest BCUT2D eigenvalue weighted by Gasteiger charge is 2.24. The third-order valence-electron chi connectivity index (χ3n) is 5.22. The molecule has 0 bridgehead atoms. The van der Waals surface area contributed by atoms with Crippen molar-refractivity contribution in [3.63, 3.8) is 0 Å². The van der Waals surface area contributed by atoms with Gasteiger partial charge >= 0.3 is 0 Å². The number of ether oxygens (including phenoxy) is 1. The van der Waals surface area contributed by atoms with Gasteiger partial charge < -0.3 is 20.3 Å². The van der Waals surface area contributed by atoms with E-state index < -0.39 is 0 Å². The monoisotopic (exact) mass is 429 g/mol. The summed E-state index contributed by atoms with van der Waals surface area (Å²) in [5.74, 6) is -0.176. The summed E-state index contributed by atoms with van der Waals surface area (Å²) in [6.07, 6.45) is 2.41. The molecule has 0 aliphatic carbocycles. The van der Waals surface area contributed by atoms with E-state index >= 15 is 0 Å². The molecular weight excluding hydrogens is 402 g/mol. The molecule has 0 spiro atoms. The van der Waals surface area contributed by atoms with E-state index in [9.17, 15) is 9.59 Å². The molecule has 1 heterocycles. The van der Waals surface area contributed by atoms with Crippen LogP contribution in [0.25, 0.3) is 0 Å². The quantitative estimate of drug-likeness (QED) is 0.630. The van der Waals surface area contributed by atoms with Gasteiger partial charge in [-0.2, -0.15) is 0 Å². The Labute approximate surface area is 182 Å². The van der Waals surface area contributed by atoms with Crippen molar-refractivity contribution in [1.82, 2.24) is 10.6 Å². The fourth-order valence-corrected chi connectivity index (χ4v) is 3.81. The fraction of sp³-hybridized carbons (Fsp3) is 0.391. The molecule has 6 nitrogen and oxygen atoms in total. The van der Waals surface area contributed by atoms with E-state index in [1.54, 1.807) is 31.4 Å². The second-order valence-electron chi connectivity index (χ2n) is 7.36. The number of benzene rings is 2. The zero-order valence-electron chi connectivity index (χ0n) is 17.2. The number of rotatable bonds is 8. The predicted molar refractivity (Wildman–Crippen MR) is 119 cm³/mol. The van der Waals surface area contributed by atoms with Crippen molar-refractivity contribution < 1.29 is 14.3 Å². The van der Waals surface area contributed by atoms with Gasteiger partial charge in [-0.05, 0) is 49.6 Å². The summed E-state index contributed by atoms with van der Waals surface area (Å²) >= 11 is 5.98. The first-order chi connectivity index (χ1) is 14.6. The van der Waals surface area contributed by atoms with Crippen molar-refractivity contribution in [1.29, 1.82) is 0 Å². The summed E-state index contributed by atoms with van der Waals surface area (Å²) in [6, 6.07) is 14.7. The van der Waals surface area contributed by atoms with Crippen LogP contribution in [0.2, 0.25) is 5.02 Å². The Morgan fingerprint density at radius 1 is 1.10 bits per heavy atom. The molecule has 1 saturated heterocycles. The molecule has 2 aromatic rings. The number of nitrogens with zero attached hydrogens (tertiary/aromatic N) is 1. The molecule has 0 radical (unpaired) electrons. The van der Waals surface area contributed by atoms with Gasteiger partial charge in [0.05, 0.1) is 5.56 Å². The van der Waals surface area contributed by atoms with Crippen molar-refractivity contribution >= 4 is 29.1 Å². The lowest BCUT2D eigenvalue weighted by molar-refractivity contribution is 0.0929. The molecule has 1 aliphatic rings. The summed E-state index contributed by atoms with van der Waals surface area (Å²) in [7, 11) is 1.65. The Kier molecular flexibility index (Phi) is 8.11. The number of halogens is 1. The van der Waals surface area contributed by atoms with Crippen molar-refractivity contribution in [2.45, 2.75) is 25.3 Å². The van der Waals surface area contributed by atoms with E-state index in [-0.39, 0.29) is 17.9 Å². The molecule has 2 N–H and O–H groups in total. The zero-order chi connectivity index (χ0) is 21.3. The second kappa shape index (κ2) is 11.0. The fourth-order valence-electron chi connectivity index (χ4n) is 3.62. The van der Waals surface area contributed by atoms with Crippen LogP contribution in [-0.2, 0) is 4.74 Å². The molecule has 2 amide bonds. The molecule has 30 heavy (non-hydrogen) atoms. The SMILES string of the molecule is COCCCNC(=O)c1ccccc1N1CCC(NC(=O)c2cccc(Cl)c2)CC1. The maximum Gasteiger partial charge on any atom is 0.253 e. The molecule has 2 aromatic carbocycles. The number of carbonyl (C=O) groups is 2. The van der Waals surface area contributed by atoms with Crippen LogP contribution in [0.1, 0.15) is 40.0 Å². The molecule has 0 aromatic heterocycles. The molecule has 0 unspecified atom stereocenters. The van der Waals surface area contributed by atoms with E-state index in [0.29, 0.717) is 29.3 Å². The van der Waals surface area contributed by atoms with Gasteiger partial charge in [0.2, 0.25) is 0 Å². The lowest BCUT2D eigenvalue weighted by Crippen LogP contribution is -2.45. The lowest BCUT2D eigenvalue weighted by atomic mass is 10.0. The van der Waals surface area contributed by atoms with Gasteiger partial charge in [0.15, 0.2) is 0 Å². The first-order valence-corrected chi connectivity index (χ1v) is 10.6. The van der Waals surface area contributed by atoms with E-state index in [2.05, 4.69) is 15.5 Å². The number of methoxy groups -OCH3 is 1. The highest BCUT2D eigenvalue weighted by atomic mass is 35.5. The Bertz CT molecular complexity index is 866. The maximum atomic E-state index is 12.6. The van der Waals surface area contributed by atoms with E-state index in [0.717, 1.165) is 38.0 Å². The van der Waals surface area contributed by atoms with E-state index in [1.807, 2.05) is 24.3 Å². The number of amides is 2. The molecule has 0 atom stereocenters. The van der Waals surface area contributed by atoms with Crippen LogP contribution in [0.3, 0.4) is 0 Å². The Morgan fingerprint density at radius 3 is 2.60 bits per heavy atom. The van der Waals surface area contributed by atoms with Crippen LogP contribution in [0.15, 0.2) is 48.5 Å². The number of nitrogens with one attached hydrogen (secondary N) is 2. The van der Waals surface area contributed by atoms with Gasteiger partial charge in [0, 0.05) is 55.7 Å². The standard InChI is InChI=1S/C23H28ClN3O3/c1-30-15-5-12-25-23(29)20-8-2-3-9-21(20)27-13-10-19(11-14-27)26-22(28)17-6-4-7-18(24)16-17/h2-4,6-9,16,19H,5,10-15H2,1H3,(H,25,29)(H,26,28). The van der Waals surface area contributed by atoms with E-state index in [1.165, 1.54) is 0 Å². The van der Waals surface area contributed by atoms with Gasteiger partial charge in [-0.1, -0.05) is 29.8 Å². The van der Waals surface area contributed by atoms with Crippen LogP contribution in [-0.4, -0.2) is 51.2 Å². The number of hydrogen-bond donors (Lipinski definition) is 2. The maximum absolute atomic E-state index is 12.6. The van der Waals surface area contributed by atoms with Gasteiger partial charge in [0.25, 0.3) is 11.8 Å². The summed E-state index contributed by atoms with van der Waals surface area (Å²) in [5, 5.41) is 6.60. The van der Waals surface area contributed by atoms with Crippen LogP contribution in [0.5, 0.6) is 0 Å². The number of piperidine rings is 1. The van der Waals surface area contributed by atoms with Crippen LogP contribution < -0.4 is 15.5 Å². The Hall–Kier alpha value is -2.57. The molecular formula is C23H28ClN3O3. The molecule has 3 rings (SSSR count). The first-order valence-electron chi connectivity index (χ1n) is 10.3. The van der Waals surface area contributed by atoms with Gasteiger partial charge in [0.1, 0.15) is 0 Å². The van der Waals surface area contributed by atoms with Crippen LogP contribution in [0.4, 0.5) is 5.69 Å². The lowest BCUT2D eigenvalue weighted by Gasteiger charge is -2.35. The van der Waals surface area contributed by atoms with Crippen molar-refractivity contribution in [3.05, 3.63) is 64.7 Å².